The van der Waals surface area contributed by atoms with E-state index in [1.165, 1.54) is 0 Å². The van der Waals surface area contributed by atoms with Crippen LogP contribution in [0.4, 0.5) is 99.8 Å². The van der Waals surface area contributed by atoms with Crippen molar-refractivity contribution in [1.82, 2.24) is 59.5 Å². The number of anilines is 14. The van der Waals surface area contributed by atoms with Crippen LogP contribution in [0, 0.1) is 27.7 Å². The molecule has 11 aromatic rings. The van der Waals surface area contributed by atoms with Gasteiger partial charge in [0.1, 0.15) is 17.9 Å². The molecule has 0 spiro atoms. The van der Waals surface area contributed by atoms with Crippen LogP contribution in [0.1, 0.15) is 55.4 Å². The van der Waals surface area contributed by atoms with Crippen LogP contribution < -0.4 is 70.3 Å². The number of amides is 8. The third-order valence-electron chi connectivity index (χ3n) is 22.9. The van der Waals surface area contributed by atoms with E-state index in [1.807, 2.05) is 116 Å². The van der Waals surface area contributed by atoms with E-state index < -0.39 is 0 Å². The van der Waals surface area contributed by atoms with E-state index in [-0.39, 0.29) is 72.9 Å². The van der Waals surface area contributed by atoms with Crippen molar-refractivity contribution in [2.45, 2.75) is 96.6 Å². The Hall–Kier alpha value is -13.2. The van der Waals surface area contributed by atoms with Gasteiger partial charge in [-0.25, -0.2) is 39.1 Å². The van der Waals surface area contributed by atoms with Crippen LogP contribution in [0.5, 0.6) is 0 Å². The molecular formula is C83H90N26O8. The van der Waals surface area contributed by atoms with Crippen molar-refractivity contribution < 1.29 is 38.2 Å². The van der Waals surface area contributed by atoms with Crippen molar-refractivity contribution in [3.8, 4) is 22.5 Å². The van der Waals surface area contributed by atoms with Gasteiger partial charge in [0.2, 0.25) is 0 Å². The molecule has 117 heavy (non-hydrogen) atoms. The maximum atomic E-state index is 13.3. The normalized spacial score (nSPS) is 20.2. The largest absolute Gasteiger partial charge is 0.430 e. The Morgan fingerprint density at radius 2 is 0.949 bits per heavy atom. The van der Waals surface area contributed by atoms with Crippen LogP contribution in [0.25, 0.3) is 28.4 Å². The van der Waals surface area contributed by atoms with Crippen LogP contribution in [0.2, 0.25) is 0 Å². The first kappa shape index (κ1) is 75.2. The third kappa shape index (κ3) is 15.1. The Morgan fingerprint density at radius 3 is 1.43 bits per heavy atom. The number of hydrogen-bond donors (Lipinski definition) is 5. The number of oxazole rings is 1. The van der Waals surface area contributed by atoms with Crippen LogP contribution in [0.3, 0.4) is 0 Å². The summed E-state index contributed by atoms with van der Waals surface area (Å²) in [5.74, 6) is 4.97. The quantitative estimate of drug-likeness (QED) is 0.0896. The molecule has 21 heterocycles. The van der Waals surface area contributed by atoms with Crippen molar-refractivity contribution in [3.63, 3.8) is 0 Å². The molecule has 34 heteroatoms. The number of fused-ring (bicyclic) bond motifs is 17. The maximum absolute atomic E-state index is 13.3. The fourth-order valence-corrected chi connectivity index (χ4v) is 17.2. The number of urea groups is 4. The number of nitrogens with one attached hydrogen (secondary N) is 4. The van der Waals surface area contributed by atoms with Gasteiger partial charge in [-0.3, -0.25) is 49.8 Å². The molecule has 21 rings (SSSR count). The number of hydrogen-bond acceptors (Lipinski definition) is 25. The highest BCUT2D eigenvalue weighted by Gasteiger charge is 2.46. The number of rotatable bonds is 9. The number of morpholine rings is 2. The monoisotopic (exact) mass is 1580 g/mol. The molecule has 8 amide bonds. The number of aliphatic hydroxyl groups is 1. The molecule has 8 bridgehead atoms. The second-order valence-corrected chi connectivity index (χ2v) is 30.6. The van der Waals surface area contributed by atoms with Gasteiger partial charge in [-0.05, 0) is 169 Å². The molecule has 5 N–H and O–H groups in total. The van der Waals surface area contributed by atoms with Gasteiger partial charge in [0.05, 0.1) is 145 Å². The van der Waals surface area contributed by atoms with Crippen LogP contribution in [-0.4, -0.2) is 223 Å². The first-order valence-corrected chi connectivity index (χ1v) is 39.7. The highest BCUT2D eigenvalue weighted by Crippen LogP contribution is 2.46. The lowest BCUT2D eigenvalue weighted by atomic mass is 10.1. The minimum Gasteiger partial charge on any atom is -0.430 e. The van der Waals surface area contributed by atoms with E-state index in [2.05, 4.69) is 111 Å². The Bertz CT molecular complexity index is 5510. The van der Waals surface area contributed by atoms with Gasteiger partial charge in [0, 0.05) is 118 Å². The standard InChI is InChI=1S/C22H22N6O.C21H20N8O2.C20H24N6O3.C20H24N6O2/c1-14-5-6-18(15(2)24-14)19-7-8-20-21(26-19)28(17-9-11-27(20)13-17)22(29)25-16-4-3-10-23-12-16;1-12-9-14(5-7-22-12)16-3-4-17-18(23-16)28(15-6-8-27(17)10-15)20(30)24-19-25-21-29(26-19)13(2)11-31-21;27-12-16-13-29-9-8-25(16)18-4-3-17-19(23-18)26(15-5-7-24(17)11-15)20(28)22-14-2-1-6-21-10-14;1-14-13-28-10-9-25(14)18-5-4-17-19(23-18)26(16-6-8-24(17)12-16)20(27)22-15-3-2-7-21-11-15/h3-8,10,12,17H,9,11,13H2,1-2H3,(H,25,29);3-5,7,9,11,15H,6,8,10H2,1-2H3,(H,24,26,30);1-4,6,10,15-16,27H,5,7-9,11-13H2,(H,22,28);2-5,7,11,14,16H,6,8-10,12-13H2,1H3,(H,22,27)/t17-;15-;15-,16-;14-,16+/m0001/s1. The smallest absolute Gasteiger partial charge is 0.330 e. The number of aliphatic hydroxyl groups excluding tert-OH is 1. The molecule has 0 aromatic carbocycles. The second kappa shape index (κ2) is 32.2. The van der Waals surface area contributed by atoms with Crippen molar-refractivity contribution >= 4 is 111 Å². The third-order valence-corrected chi connectivity index (χ3v) is 22.9. The molecule has 0 radical (unpaired) electrons. The fourth-order valence-electron chi connectivity index (χ4n) is 17.2. The summed E-state index contributed by atoms with van der Waals surface area (Å²) in [6, 6.07) is 34.9. The van der Waals surface area contributed by atoms with Crippen molar-refractivity contribution in [1.29, 1.82) is 0 Å². The zero-order valence-electron chi connectivity index (χ0n) is 65.6. The molecule has 0 aliphatic carbocycles. The molecule has 6 fully saturated rings. The molecule has 11 aromatic heterocycles. The number of carbonyl (C=O) groups excluding carboxylic acids is 4. The van der Waals surface area contributed by atoms with Gasteiger partial charge in [-0.1, -0.05) is 0 Å². The molecule has 6 saturated heterocycles. The summed E-state index contributed by atoms with van der Waals surface area (Å²) in [5.41, 5.74) is 13.2. The molecule has 10 aliphatic heterocycles. The molecule has 0 saturated carbocycles. The van der Waals surface area contributed by atoms with Gasteiger partial charge in [-0.2, -0.15) is 9.50 Å². The molecule has 600 valence electrons. The highest BCUT2D eigenvalue weighted by atomic mass is 16.5. The number of carbonyl (C=O) groups is 4. The summed E-state index contributed by atoms with van der Waals surface area (Å²) in [7, 11) is 0. The molecule has 34 nitrogen and oxygen atoms in total. The zero-order valence-corrected chi connectivity index (χ0v) is 65.6. The summed E-state index contributed by atoms with van der Waals surface area (Å²) < 4.78 is 17.9. The number of nitrogens with zero attached hydrogens (tertiary/aromatic N) is 22. The van der Waals surface area contributed by atoms with Gasteiger partial charge in [-0.15, -0.1) is 5.10 Å². The molecule has 10 aliphatic rings. The number of aromatic nitrogens is 12. The summed E-state index contributed by atoms with van der Waals surface area (Å²) in [6.45, 7) is 20.8. The zero-order chi connectivity index (χ0) is 80.0. The van der Waals surface area contributed by atoms with Gasteiger partial charge >= 0.3 is 30.0 Å². The number of aryl methyl sites for hydroxylation is 4. The van der Waals surface area contributed by atoms with E-state index in [0.29, 0.717) is 73.3 Å². The molecular weight excluding hydrogens is 1490 g/mol. The summed E-state index contributed by atoms with van der Waals surface area (Å²) in [5, 5.41) is 25.7. The van der Waals surface area contributed by atoms with Crippen molar-refractivity contribution in [3.05, 3.63) is 182 Å². The lowest BCUT2D eigenvalue weighted by Crippen LogP contribution is -2.50. The Balaban J connectivity index is 0.000000108. The topological polar surface area (TPSA) is 347 Å². The SMILES string of the molecule is C[C@@H]1COCCN1c1ccc2c(n1)N(C(=O)Nc1cccnc1)[C@H]1CCN2C1.Cc1cc(-c2ccc3c(n2)N(C(=O)Nc2nc4occ(C)n4n2)[C@H]2CCN3C2)ccn1.Cc1ccc(-c2ccc3c(n2)N(C(=O)Nc2cccnc2)[C@H]2CCN3C2)c(C)n1.O=C(Nc1cccnc1)N1c2nc(N3CCOC[C@@H]3CO)ccc2N2CC[C@H]1C2. The highest BCUT2D eigenvalue weighted by molar-refractivity contribution is 6.07. The van der Waals surface area contributed by atoms with Crippen LogP contribution in [0.15, 0.2) is 163 Å². The lowest BCUT2D eigenvalue weighted by molar-refractivity contribution is 0.0723. The summed E-state index contributed by atoms with van der Waals surface area (Å²) in [4.78, 5) is 119. The Kier molecular flexibility index (Phi) is 20.7. The van der Waals surface area contributed by atoms with Gasteiger partial charge in [0.15, 0.2) is 23.3 Å². The molecule has 0 unspecified atom stereocenters. The van der Waals surface area contributed by atoms with E-state index in [4.69, 9.17) is 33.8 Å². The van der Waals surface area contributed by atoms with E-state index in [0.717, 1.165) is 170 Å². The number of pyridine rings is 9. The first-order valence-electron chi connectivity index (χ1n) is 39.7. The van der Waals surface area contributed by atoms with Gasteiger partial charge < -0.3 is 64.3 Å². The lowest BCUT2D eigenvalue weighted by Gasteiger charge is -2.39. The van der Waals surface area contributed by atoms with Crippen molar-refractivity contribution in [2.75, 3.05) is 169 Å². The van der Waals surface area contributed by atoms with Gasteiger partial charge in [0.25, 0.3) is 5.95 Å². The second-order valence-electron chi connectivity index (χ2n) is 30.6. The fraction of sp³-hybridized carbons (Fsp3) is 0.361. The molecule has 6 atom stereocenters. The average molecular weight is 1580 g/mol. The predicted octanol–water partition coefficient (Wildman–Crippen LogP) is 10.5. The van der Waals surface area contributed by atoms with E-state index in [1.54, 1.807) is 76.1 Å². The summed E-state index contributed by atoms with van der Waals surface area (Å²) >= 11 is 0. The minimum absolute atomic E-state index is 0.00127. The summed E-state index contributed by atoms with van der Waals surface area (Å²) in [6.07, 6.45) is 17.0. The number of ether oxygens (including phenoxy) is 2. The minimum atomic E-state index is -0.297. The maximum Gasteiger partial charge on any atom is 0.330 e. The Labute approximate surface area is 674 Å². The van der Waals surface area contributed by atoms with E-state index in [9.17, 15) is 24.3 Å². The average Bonchev–Trinajstić information content (AvgIpc) is 1.67. The van der Waals surface area contributed by atoms with Crippen LogP contribution in [-0.2, 0) is 9.47 Å². The van der Waals surface area contributed by atoms with E-state index >= 15 is 0 Å². The Morgan fingerprint density at radius 1 is 0.479 bits per heavy atom. The van der Waals surface area contributed by atoms with Crippen molar-refractivity contribution in [2.24, 2.45) is 0 Å². The van der Waals surface area contributed by atoms with Crippen LogP contribution >= 0.6 is 0 Å². The first-order chi connectivity index (χ1) is 57.1. The predicted molar refractivity (Wildman–Crippen MR) is 445 cm³/mol.